The van der Waals surface area contributed by atoms with E-state index in [0.717, 1.165) is 6.42 Å². The minimum absolute atomic E-state index is 0.370. The second-order valence-corrected chi connectivity index (χ2v) is 4.19. The Balaban J connectivity index is 2.02. The van der Waals surface area contributed by atoms with Crippen LogP contribution in [-0.2, 0) is 11.2 Å². The molecule has 0 radical (unpaired) electrons. The molecule has 1 aliphatic carbocycles. The van der Waals surface area contributed by atoms with Crippen molar-refractivity contribution in [3.8, 4) is 12.3 Å². The largest absolute Gasteiger partial charge is 0.364 e. The van der Waals surface area contributed by atoms with Crippen molar-refractivity contribution >= 4 is 0 Å². The predicted octanol–water partition coefficient (Wildman–Crippen LogP) is 3.12. The van der Waals surface area contributed by atoms with E-state index in [9.17, 15) is 0 Å². The summed E-state index contributed by atoms with van der Waals surface area (Å²) in [6.45, 7) is 0.956. The molecule has 1 fully saturated rings. The fourth-order valence-corrected chi connectivity index (χ4v) is 1.64. The molecule has 1 aromatic carbocycles. The molecule has 0 unspecified atom stereocenters. The summed E-state index contributed by atoms with van der Waals surface area (Å²) in [5.41, 5.74) is 7.33. The highest BCUT2D eigenvalue weighted by Gasteiger charge is 2.10. The van der Waals surface area contributed by atoms with Gasteiger partial charge in [0.25, 0.3) is 0 Å². The first-order valence-electron chi connectivity index (χ1n) is 5.90. The van der Waals surface area contributed by atoms with E-state index >= 15 is 0 Å². The van der Waals surface area contributed by atoms with Gasteiger partial charge in [-0.05, 0) is 24.0 Å². The van der Waals surface area contributed by atoms with Crippen molar-refractivity contribution in [2.75, 3.05) is 13.2 Å². The van der Waals surface area contributed by atoms with Gasteiger partial charge < -0.3 is 4.74 Å². The quantitative estimate of drug-likeness (QED) is 0.424. The van der Waals surface area contributed by atoms with Gasteiger partial charge in [-0.2, -0.15) is 0 Å². The van der Waals surface area contributed by atoms with Crippen LogP contribution in [0.15, 0.2) is 47.2 Å². The van der Waals surface area contributed by atoms with Crippen molar-refractivity contribution in [2.24, 2.45) is 0 Å². The smallest absolute Gasteiger partial charge is 0.107 e. The standard InChI is InChI=1S/C16H16O/c1-2-10-17-13-16(12-15-8-9-15)11-14-6-4-3-5-7-14/h1,3-7H,8-11,13H2. The van der Waals surface area contributed by atoms with Gasteiger partial charge in [-0.25, -0.2) is 0 Å². The van der Waals surface area contributed by atoms with Gasteiger partial charge in [-0.3, -0.25) is 0 Å². The summed E-state index contributed by atoms with van der Waals surface area (Å²) in [7, 11) is 0. The van der Waals surface area contributed by atoms with Crippen LogP contribution in [0.5, 0.6) is 0 Å². The third-order valence-electron chi connectivity index (χ3n) is 2.58. The molecule has 1 aliphatic rings. The van der Waals surface area contributed by atoms with Gasteiger partial charge in [0.05, 0.1) is 6.61 Å². The average molecular weight is 224 g/mol. The molecule has 0 atom stereocenters. The Morgan fingerprint density at radius 2 is 2.00 bits per heavy atom. The van der Waals surface area contributed by atoms with Gasteiger partial charge >= 0.3 is 0 Å². The maximum Gasteiger partial charge on any atom is 0.107 e. The molecule has 0 amide bonds. The maximum absolute atomic E-state index is 5.40. The van der Waals surface area contributed by atoms with E-state index in [1.54, 1.807) is 0 Å². The van der Waals surface area contributed by atoms with Gasteiger partial charge in [0.15, 0.2) is 0 Å². The topological polar surface area (TPSA) is 9.23 Å². The Labute approximate surface area is 103 Å². The second kappa shape index (κ2) is 6.11. The molecular formula is C16H16O. The Morgan fingerprint density at radius 1 is 1.24 bits per heavy atom. The summed E-state index contributed by atoms with van der Waals surface area (Å²) < 4.78 is 5.40. The van der Waals surface area contributed by atoms with E-state index in [1.165, 1.54) is 29.6 Å². The Morgan fingerprint density at radius 3 is 2.65 bits per heavy atom. The van der Waals surface area contributed by atoms with E-state index in [2.05, 4.69) is 35.9 Å². The van der Waals surface area contributed by atoms with Crippen molar-refractivity contribution < 1.29 is 4.74 Å². The number of benzene rings is 1. The summed E-state index contributed by atoms with van der Waals surface area (Å²) in [5, 5.41) is 0. The molecule has 0 heterocycles. The molecule has 0 saturated heterocycles. The minimum atomic E-state index is 0.370. The van der Waals surface area contributed by atoms with Crippen molar-refractivity contribution in [3.05, 3.63) is 52.8 Å². The molecular weight excluding hydrogens is 208 g/mol. The number of hydrogen-bond donors (Lipinski definition) is 0. The monoisotopic (exact) mass is 224 g/mol. The number of terminal acetylenes is 1. The van der Waals surface area contributed by atoms with Crippen LogP contribution in [-0.4, -0.2) is 13.2 Å². The first-order chi connectivity index (χ1) is 8.38. The van der Waals surface area contributed by atoms with Crippen molar-refractivity contribution in [2.45, 2.75) is 19.3 Å². The lowest BCUT2D eigenvalue weighted by atomic mass is 10.1. The summed E-state index contributed by atoms with van der Waals surface area (Å²) >= 11 is 0. The number of ether oxygens (including phenoxy) is 1. The normalized spacial score (nSPS) is 12.8. The molecule has 2 rings (SSSR count). The predicted molar refractivity (Wildman–Crippen MR) is 69.6 cm³/mol. The van der Waals surface area contributed by atoms with E-state index in [4.69, 9.17) is 11.2 Å². The summed E-state index contributed by atoms with van der Waals surface area (Å²) in [5.74, 6) is 2.49. The van der Waals surface area contributed by atoms with Crippen LogP contribution in [0.3, 0.4) is 0 Å². The molecule has 0 bridgehead atoms. The molecule has 1 heteroatoms. The lowest BCUT2D eigenvalue weighted by Gasteiger charge is -2.04. The minimum Gasteiger partial charge on any atom is -0.364 e. The van der Waals surface area contributed by atoms with Crippen molar-refractivity contribution in [3.63, 3.8) is 0 Å². The zero-order valence-electron chi connectivity index (χ0n) is 9.91. The van der Waals surface area contributed by atoms with Gasteiger partial charge in [-0.1, -0.05) is 36.3 Å². The van der Waals surface area contributed by atoms with Crippen LogP contribution < -0.4 is 0 Å². The van der Waals surface area contributed by atoms with Crippen molar-refractivity contribution in [1.82, 2.24) is 0 Å². The lowest BCUT2D eigenvalue weighted by molar-refractivity contribution is 0.191. The Hall–Kier alpha value is -1.74. The van der Waals surface area contributed by atoms with Crippen molar-refractivity contribution in [1.29, 1.82) is 0 Å². The molecule has 0 aromatic heterocycles. The molecule has 1 nitrogen and oxygen atoms in total. The van der Waals surface area contributed by atoms with E-state index in [0.29, 0.717) is 13.2 Å². The summed E-state index contributed by atoms with van der Waals surface area (Å²) in [6.07, 6.45) is 8.44. The molecule has 0 spiro atoms. The highest BCUT2D eigenvalue weighted by molar-refractivity contribution is 5.26. The molecule has 1 saturated carbocycles. The van der Waals surface area contributed by atoms with Gasteiger partial charge in [0.1, 0.15) is 6.61 Å². The van der Waals surface area contributed by atoms with E-state index < -0.39 is 0 Å². The highest BCUT2D eigenvalue weighted by atomic mass is 16.5. The van der Waals surface area contributed by atoms with E-state index in [1.807, 2.05) is 6.07 Å². The van der Waals surface area contributed by atoms with Crippen LogP contribution in [0.2, 0.25) is 0 Å². The highest BCUT2D eigenvalue weighted by Crippen LogP contribution is 2.27. The molecule has 86 valence electrons. The zero-order valence-corrected chi connectivity index (χ0v) is 9.91. The van der Waals surface area contributed by atoms with Crippen LogP contribution in [0.4, 0.5) is 0 Å². The van der Waals surface area contributed by atoms with Crippen LogP contribution in [0, 0.1) is 12.3 Å². The fraction of sp³-hybridized carbons (Fsp3) is 0.312. The molecule has 0 N–H and O–H groups in total. The van der Waals surface area contributed by atoms with Gasteiger partial charge in [0, 0.05) is 12.0 Å². The third kappa shape index (κ3) is 4.33. The second-order valence-electron chi connectivity index (χ2n) is 4.19. The molecule has 17 heavy (non-hydrogen) atoms. The average Bonchev–Trinajstić information content (AvgIpc) is 3.14. The van der Waals surface area contributed by atoms with Crippen LogP contribution >= 0.6 is 0 Å². The van der Waals surface area contributed by atoms with Crippen LogP contribution in [0.25, 0.3) is 0 Å². The molecule has 1 aromatic rings. The lowest BCUT2D eigenvalue weighted by Crippen LogP contribution is -2.01. The molecule has 0 aliphatic heterocycles. The SMILES string of the molecule is C#CCOCC(=C=C1CC1)Cc1ccccc1. The Bertz CT molecular complexity index is 464. The van der Waals surface area contributed by atoms with E-state index in [-0.39, 0.29) is 0 Å². The fourth-order valence-electron chi connectivity index (χ4n) is 1.64. The van der Waals surface area contributed by atoms with Gasteiger partial charge in [0.2, 0.25) is 0 Å². The Kier molecular flexibility index (Phi) is 4.22. The summed E-state index contributed by atoms with van der Waals surface area (Å²) in [4.78, 5) is 0. The summed E-state index contributed by atoms with van der Waals surface area (Å²) in [6, 6.07) is 10.4. The third-order valence-corrected chi connectivity index (χ3v) is 2.58. The number of hydrogen-bond acceptors (Lipinski definition) is 1. The maximum atomic E-state index is 5.40. The first kappa shape index (κ1) is 11.7. The van der Waals surface area contributed by atoms with Gasteiger partial charge in [-0.15, -0.1) is 12.2 Å². The number of rotatable bonds is 5. The first-order valence-corrected chi connectivity index (χ1v) is 5.90. The van der Waals surface area contributed by atoms with Crippen LogP contribution in [0.1, 0.15) is 18.4 Å². The zero-order chi connectivity index (χ0) is 11.9.